The van der Waals surface area contributed by atoms with E-state index < -0.39 is 0 Å². The van der Waals surface area contributed by atoms with Gasteiger partial charge in [-0.05, 0) is 12.1 Å². The van der Waals surface area contributed by atoms with Gasteiger partial charge in [-0.25, -0.2) is 9.97 Å². The summed E-state index contributed by atoms with van der Waals surface area (Å²) >= 11 is 0. The van der Waals surface area contributed by atoms with E-state index >= 15 is 0 Å². The van der Waals surface area contributed by atoms with Crippen molar-refractivity contribution in [2.45, 2.75) is 6.42 Å². The van der Waals surface area contributed by atoms with Crippen LogP contribution in [0.5, 0.6) is 0 Å². The first kappa shape index (κ1) is 11.1. The molecule has 0 aliphatic heterocycles. The lowest BCUT2D eigenvalue weighted by atomic mass is 10.2. The fourth-order valence-corrected chi connectivity index (χ4v) is 1.34. The normalized spacial score (nSPS) is 10.1. The van der Waals surface area contributed by atoms with E-state index in [0.29, 0.717) is 24.3 Å². The average Bonchev–Trinajstić information content (AvgIpc) is 2.82. The summed E-state index contributed by atoms with van der Waals surface area (Å²) in [6.45, 7) is 0.482. The second kappa shape index (κ2) is 5.06. The van der Waals surface area contributed by atoms with Gasteiger partial charge in [-0.2, -0.15) is 5.10 Å². The highest BCUT2D eigenvalue weighted by atomic mass is 16.1. The van der Waals surface area contributed by atoms with Crippen molar-refractivity contribution >= 4 is 11.7 Å². The predicted molar refractivity (Wildman–Crippen MR) is 61.1 cm³/mol. The second-order valence-corrected chi connectivity index (χ2v) is 3.41. The van der Waals surface area contributed by atoms with Crippen molar-refractivity contribution < 1.29 is 4.79 Å². The van der Waals surface area contributed by atoms with E-state index in [1.807, 2.05) is 0 Å². The molecular weight excluding hydrogens is 220 g/mol. The molecule has 0 atom stereocenters. The van der Waals surface area contributed by atoms with Crippen molar-refractivity contribution in [1.29, 1.82) is 0 Å². The predicted octanol–water partition coefficient (Wildman–Crippen LogP) is -0.246. The number of H-pyrrole nitrogens is 1. The Kier molecular flexibility index (Phi) is 3.29. The largest absolute Gasteiger partial charge is 0.384 e. The van der Waals surface area contributed by atoms with Crippen LogP contribution >= 0.6 is 0 Å². The fourth-order valence-electron chi connectivity index (χ4n) is 1.34. The highest BCUT2D eigenvalue weighted by Gasteiger charge is 2.05. The summed E-state index contributed by atoms with van der Waals surface area (Å²) in [5, 5.41) is 9.19. The minimum atomic E-state index is -0.182. The van der Waals surface area contributed by atoms with E-state index in [9.17, 15) is 4.79 Å². The Bertz CT molecular complexity index is 495. The molecule has 17 heavy (non-hydrogen) atoms. The number of amides is 1. The van der Waals surface area contributed by atoms with Crippen LogP contribution < -0.4 is 11.1 Å². The molecule has 0 bridgehead atoms. The molecule has 4 N–H and O–H groups in total. The van der Waals surface area contributed by atoms with Crippen LogP contribution in [0.2, 0.25) is 0 Å². The third kappa shape index (κ3) is 3.00. The molecule has 0 saturated heterocycles. The number of pyridine rings is 1. The van der Waals surface area contributed by atoms with E-state index in [1.54, 1.807) is 6.07 Å². The van der Waals surface area contributed by atoms with Gasteiger partial charge in [0.2, 0.25) is 0 Å². The molecule has 0 aliphatic carbocycles. The molecule has 1 amide bonds. The Morgan fingerprint density at radius 3 is 3.06 bits per heavy atom. The molecular formula is C10H12N6O. The highest BCUT2D eigenvalue weighted by Crippen LogP contribution is 2.02. The Labute approximate surface area is 97.5 Å². The van der Waals surface area contributed by atoms with Gasteiger partial charge in [0, 0.05) is 24.7 Å². The van der Waals surface area contributed by atoms with Gasteiger partial charge < -0.3 is 11.1 Å². The Morgan fingerprint density at radius 1 is 1.47 bits per heavy atom. The van der Waals surface area contributed by atoms with Crippen LogP contribution in [0.3, 0.4) is 0 Å². The van der Waals surface area contributed by atoms with Gasteiger partial charge in [-0.3, -0.25) is 9.89 Å². The number of rotatable bonds is 4. The number of nitrogens with two attached hydrogens (primary N) is 1. The summed E-state index contributed by atoms with van der Waals surface area (Å²) in [7, 11) is 0. The topological polar surface area (TPSA) is 110 Å². The molecule has 0 aromatic carbocycles. The number of nitrogens with zero attached hydrogens (tertiary/aromatic N) is 3. The fraction of sp³-hybridized carbons (Fsp3) is 0.200. The van der Waals surface area contributed by atoms with Crippen molar-refractivity contribution in [2.24, 2.45) is 0 Å². The van der Waals surface area contributed by atoms with E-state index in [4.69, 9.17) is 5.73 Å². The van der Waals surface area contributed by atoms with Crippen molar-refractivity contribution in [3.05, 3.63) is 36.0 Å². The SMILES string of the molecule is Nc1cc(C(=O)NCCc2ncn[nH]2)ccn1. The summed E-state index contributed by atoms with van der Waals surface area (Å²) in [6, 6.07) is 3.14. The van der Waals surface area contributed by atoms with Gasteiger partial charge in [0.05, 0.1) is 0 Å². The number of nitrogen functional groups attached to an aromatic ring is 1. The van der Waals surface area contributed by atoms with Crippen LogP contribution in [0, 0.1) is 0 Å². The van der Waals surface area contributed by atoms with Gasteiger partial charge in [0.1, 0.15) is 18.0 Å². The van der Waals surface area contributed by atoms with Crippen LogP contribution in [0.25, 0.3) is 0 Å². The standard InChI is InChI=1S/C10H12N6O/c11-8-5-7(1-3-12-8)10(17)13-4-2-9-14-6-15-16-9/h1,3,5-6H,2,4H2,(H2,11,12)(H,13,17)(H,14,15,16). The molecule has 7 nitrogen and oxygen atoms in total. The van der Waals surface area contributed by atoms with Gasteiger partial charge >= 0.3 is 0 Å². The van der Waals surface area contributed by atoms with Crippen molar-refractivity contribution in [3.8, 4) is 0 Å². The van der Waals surface area contributed by atoms with Crippen molar-refractivity contribution in [1.82, 2.24) is 25.5 Å². The maximum absolute atomic E-state index is 11.7. The van der Waals surface area contributed by atoms with Crippen LogP contribution in [0.1, 0.15) is 16.2 Å². The first-order valence-electron chi connectivity index (χ1n) is 5.09. The number of aromatic amines is 1. The number of anilines is 1. The van der Waals surface area contributed by atoms with Gasteiger partial charge in [0.15, 0.2) is 0 Å². The number of hydrogen-bond donors (Lipinski definition) is 3. The van der Waals surface area contributed by atoms with Crippen molar-refractivity contribution in [2.75, 3.05) is 12.3 Å². The Morgan fingerprint density at radius 2 is 2.35 bits per heavy atom. The van der Waals surface area contributed by atoms with E-state index in [1.165, 1.54) is 18.6 Å². The second-order valence-electron chi connectivity index (χ2n) is 3.41. The number of carbonyl (C=O) groups excluding carboxylic acids is 1. The molecule has 0 saturated carbocycles. The summed E-state index contributed by atoms with van der Waals surface area (Å²) in [5.74, 6) is 0.881. The van der Waals surface area contributed by atoms with E-state index in [0.717, 1.165) is 5.82 Å². The third-order valence-electron chi connectivity index (χ3n) is 2.16. The Hall–Kier alpha value is -2.44. The first-order valence-corrected chi connectivity index (χ1v) is 5.09. The molecule has 2 rings (SSSR count). The molecule has 2 heterocycles. The van der Waals surface area contributed by atoms with Gasteiger partial charge in [0.25, 0.3) is 5.91 Å². The molecule has 0 spiro atoms. The maximum Gasteiger partial charge on any atom is 0.251 e. The van der Waals surface area contributed by atoms with Crippen molar-refractivity contribution in [3.63, 3.8) is 0 Å². The van der Waals surface area contributed by atoms with Gasteiger partial charge in [-0.15, -0.1) is 0 Å². The van der Waals surface area contributed by atoms with Crippen LogP contribution in [0.4, 0.5) is 5.82 Å². The summed E-state index contributed by atoms with van der Waals surface area (Å²) in [6.07, 6.45) is 3.54. The number of nitrogens with one attached hydrogen (secondary N) is 2. The monoisotopic (exact) mass is 232 g/mol. The molecule has 88 valence electrons. The smallest absolute Gasteiger partial charge is 0.251 e. The zero-order valence-corrected chi connectivity index (χ0v) is 9.05. The number of hydrogen-bond acceptors (Lipinski definition) is 5. The van der Waals surface area contributed by atoms with E-state index in [-0.39, 0.29) is 5.91 Å². The molecule has 2 aromatic rings. The molecule has 0 radical (unpaired) electrons. The van der Waals surface area contributed by atoms with Crippen LogP contribution in [0.15, 0.2) is 24.7 Å². The lowest BCUT2D eigenvalue weighted by Gasteiger charge is -2.04. The van der Waals surface area contributed by atoms with Gasteiger partial charge in [-0.1, -0.05) is 0 Å². The Balaban J connectivity index is 1.85. The quantitative estimate of drug-likeness (QED) is 0.673. The maximum atomic E-state index is 11.7. The lowest BCUT2D eigenvalue weighted by molar-refractivity contribution is 0.0954. The summed E-state index contributed by atoms with van der Waals surface area (Å²) in [5.41, 5.74) is 5.98. The summed E-state index contributed by atoms with van der Waals surface area (Å²) < 4.78 is 0. The minimum absolute atomic E-state index is 0.182. The molecule has 0 aliphatic rings. The molecule has 7 heteroatoms. The molecule has 2 aromatic heterocycles. The third-order valence-corrected chi connectivity index (χ3v) is 2.16. The zero-order chi connectivity index (χ0) is 12.1. The number of carbonyl (C=O) groups is 1. The molecule has 0 fully saturated rings. The van der Waals surface area contributed by atoms with Crippen LogP contribution in [-0.2, 0) is 6.42 Å². The summed E-state index contributed by atoms with van der Waals surface area (Å²) in [4.78, 5) is 19.5. The molecule has 0 unspecified atom stereocenters. The highest BCUT2D eigenvalue weighted by molar-refractivity contribution is 5.94. The first-order chi connectivity index (χ1) is 8.25. The average molecular weight is 232 g/mol. The van der Waals surface area contributed by atoms with Crippen LogP contribution in [-0.4, -0.2) is 32.6 Å². The number of aromatic nitrogens is 4. The zero-order valence-electron chi connectivity index (χ0n) is 9.05. The van der Waals surface area contributed by atoms with E-state index in [2.05, 4.69) is 25.5 Å². The lowest BCUT2D eigenvalue weighted by Crippen LogP contribution is -2.26. The minimum Gasteiger partial charge on any atom is -0.384 e.